The van der Waals surface area contributed by atoms with Crippen molar-refractivity contribution in [2.75, 3.05) is 13.2 Å². The fourth-order valence-electron chi connectivity index (χ4n) is 10.2. The molecule has 70 heavy (non-hydrogen) atoms. The first-order valence-electron chi connectivity index (χ1n) is 31.9. The van der Waals surface area contributed by atoms with Crippen LogP contribution in [0.25, 0.3) is 0 Å². The molecule has 0 aromatic carbocycles. The van der Waals surface area contributed by atoms with E-state index in [2.05, 4.69) is 31.3 Å². The summed E-state index contributed by atoms with van der Waals surface area (Å²) >= 11 is 0. The predicted molar refractivity (Wildman–Crippen MR) is 306 cm³/mol. The first-order chi connectivity index (χ1) is 34.5. The Balaban J connectivity index is 3.41. The number of nitrogens with one attached hydrogen (secondary N) is 1. The van der Waals surface area contributed by atoms with E-state index in [4.69, 9.17) is 4.74 Å². The Kier molecular flexibility index (Phi) is 59.0. The number of hydrogen-bond acceptors (Lipinski definition) is 5. The lowest BCUT2D eigenvalue weighted by atomic mass is 10.0. The number of rotatable bonds is 60. The summed E-state index contributed by atoms with van der Waals surface area (Å²) in [5.74, 6) is -0.0256. The fourth-order valence-corrected chi connectivity index (χ4v) is 10.2. The van der Waals surface area contributed by atoms with E-state index in [9.17, 15) is 19.8 Å². The summed E-state index contributed by atoms with van der Waals surface area (Å²) in [6, 6.07) is -0.546. The lowest BCUT2D eigenvalue weighted by molar-refractivity contribution is -0.143. The number of unbranched alkanes of at least 4 members (excludes halogenated alkanes) is 47. The molecule has 0 saturated heterocycles. The Morgan fingerprint density at radius 2 is 0.671 bits per heavy atom. The minimum Gasteiger partial charge on any atom is -0.466 e. The van der Waals surface area contributed by atoms with Crippen LogP contribution in [0.4, 0.5) is 0 Å². The topological polar surface area (TPSA) is 95.9 Å². The van der Waals surface area contributed by atoms with Crippen molar-refractivity contribution in [3.8, 4) is 0 Å². The molecule has 2 unspecified atom stereocenters. The van der Waals surface area contributed by atoms with Gasteiger partial charge in [0.15, 0.2) is 0 Å². The number of allylic oxidation sites excluding steroid dienone is 2. The van der Waals surface area contributed by atoms with Crippen molar-refractivity contribution >= 4 is 11.9 Å². The number of amides is 1. The van der Waals surface area contributed by atoms with Crippen LogP contribution in [0.15, 0.2) is 12.2 Å². The maximum absolute atomic E-state index is 12.5. The van der Waals surface area contributed by atoms with Gasteiger partial charge in [-0.05, 0) is 51.4 Å². The second-order valence-corrected chi connectivity index (χ2v) is 22.1. The number of carbonyl (C=O) groups is 2. The van der Waals surface area contributed by atoms with Crippen molar-refractivity contribution in [3.05, 3.63) is 12.2 Å². The Labute approximate surface area is 438 Å². The second kappa shape index (κ2) is 60.2. The van der Waals surface area contributed by atoms with E-state index in [-0.39, 0.29) is 18.5 Å². The number of aliphatic hydroxyl groups is 2. The molecule has 416 valence electrons. The van der Waals surface area contributed by atoms with Crippen molar-refractivity contribution in [3.63, 3.8) is 0 Å². The van der Waals surface area contributed by atoms with Crippen LogP contribution in [0.5, 0.6) is 0 Å². The van der Waals surface area contributed by atoms with E-state index >= 15 is 0 Å². The molecule has 0 aromatic heterocycles. The summed E-state index contributed by atoms with van der Waals surface area (Å²) in [5, 5.41) is 23.4. The van der Waals surface area contributed by atoms with E-state index in [1.165, 1.54) is 289 Å². The molecule has 6 heteroatoms. The van der Waals surface area contributed by atoms with Crippen molar-refractivity contribution in [1.29, 1.82) is 0 Å². The first kappa shape index (κ1) is 68.6. The highest BCUT2D eigenvalue weighted by molar-refractivity contribution is 5.76. The molecule has 0 bridgehead atoms. The summed E-state index contributed by atoms with van der Waals surface area (Å²) in [4.78, 5) is 24.5. The molecule has 0 radical (unpaired) electrons. The molecular formula is C64H125NO5. The van der Waals surface area contributed by atoms with Crippen LogP contribution in [0.3, 0.4) is 0 Å². The molecule has 0 aliphatic heterocycles. The summed E-state index contributed by atoms with van der Waals surface area (Å²) < 4.78 is 5.47. The minimum atomic E-state index is -0.668. The van der Waals surface area contributed by atoms with E-state index in [1.54, 1.807) is 0 Å². The average molecular weight is 989 g/mol. The summed E-state index contributed by atoms with van der Waals surface area (Å²) in [6.45, 7) is 4.98. The zero-order chi connectivity index (χ0) is 50.7. The zero-order valence-corrected chi connectivity index (χ0v) is 47.5. The minimum absolute atomic E-state index is 0.0120. The maximum atomic E-state index is 12.5. The number of carbonyl (C=O) groups excluding carboxylic acids is 2. The molecule has 1 amide bonds. The Morgan fingerprint density at radius 3 is 1.01 bits per heavy atom. The van der Waals surface area contributed by atoms with E-state index in [1.807, 2.05) is 0 Å². The Bertz CT molecular complexity index is 1050. The van der Waals surface area contributed by atoms with Gasteiger partial charge in [0.2, 0.25) is 5.91 Å². The first-order valence-corrected chi connectivity index (χ1v) is 31.9. The summed E-state index contributed by atoms with van der Waals surface area (Å²) in [5.41, 5.74) is 0. The van der Waals surface area contributed by atoms with Gasteiger partial charge in [-0.3, -0.25) is 9.59 Å². The second-order valence-electron chi connectivity index (χ2n) is 22.1. The van der Waals surface area contributed by atoms with Gasteiger partial charge in [0.25, 0.3) is 0 Å². The van der Waals surface area contributed by atoms with Crippen molar-refractivity contribution < 1.29 is 24.5 Å². The van der Waals surface area contributed by atoms with E-state index < -0.39 is 12.1 Å². The Hall–Kier alpha value is -1.40. The highest BCUT2D eigenvalue weighted by Gasteiger charge is 2.20. The highest BCUT2D eigenvalue weighted by atomic mass is 16.5. The quantitative estimate of drug-likeness (QED) is 0.0321. The average Bonchev–Trinajstić information content (AvgIpc) is 3.36. The molecule has 6 nitrogen and oxygen atoms in total. The van der Waals surface area contributed by atoms with Crippen molar-refractivity contribution in [2.45, 2.75) is 373 Å². The lowest BCUT2D eigenvalue weighted by Gasteiger charge is -2.22. The molecule has 0 saturated carbocycles. The molecule has 0 aliphatic carbocycles. The lowest BCUT2D eigenvalue weighted by Crippen LogP contribution is -2.45. The molecule has 0 spiro atoms. The zero-order valence-electron chi connectivity index (χ0n) is 47.5. The molecule has 0 fully saturated rings. The fraction of sp³-hybridized carbons (Fsp3) is 0.938. The van der Waals surface area contributed by atoms with Crippen molar-refractivity contribution in [2.24, 2.45) is 0 Å². The smallest absolute Gasteiger partial charge is 0.305 e. The molecular weight excluding hydrogens is 863 g/mol. The van der Waals surface area contributed by atoms with Crippen LogP contribution in [-0.2, 0) is 14.3 Å². The van der Waals surface area contributed by atoms with Crippen LogP contribution in [0.2, 0.25) is 0 Å². The van der Waals surface area contributed by atoms with Gasteiger partial charge in [0.05, 0.1) is 25.4 Å². The predicted octanol–water partition coefficient (Wildman–Crippen LogP) is 20.0. The van der Waals surface area contributed by atoms with Crippen LogP contribution in [0, 0.1) is 0 Å². The largest absolute Gasteiger partial charge is 0.466 e. The van der Waals surface area contributed by atoms with Crippen LogP contribution in [-0.4, -0.2) is 47.4 Å². The van der Waals surface area contributed by atoms with Gasteiger partial charge in [-0.1, -0.05) is 309 Å². The van der Waals surface area contributed by atoms with Crippen LogP contribution in [0.1, 0.15) is 361 Å². The van der Waals surface area contributed by atoms with Gasteiger partial charge in [-0.15, -0.1) is 0 Å². The van der Waals surface area contributed by atoms with Gasteiger partial charge >= 0.3 is 5.97 Å². The number of aliphatic hydroxyl groups excluding tert-OH is 2. The monoisotopic (exact) mass is 988 g/mol. The third-order valence-corrected chi connectivity index (χ3v) is 15.1. The molecule has 3 N–H and O–H groups in total. The molecule has 0 aliphatic rings. The summed E-state index contributed by atoms with van der Waals surface area (Å²) in [6.07, 6.45) is 72.3. The third-order valence-electron chi connectivity index (χ3n) is 15.1. The van der Waals surface area contributed by atoms with Crippen molar-refractivity contribution in [1.82, 2.24) is 5.32 Å². The number of esters is 1. The van der Waals surface area contributed by atoms with Gasteiger partial charge in [-0.25, -0.2) is 0 Å². The van der Waals surface area contributed by atoms with E-state index in [0.29, 0.717) is 25.9 Å². The molecule has 0 aromatic rings. The van der Waals surface area contributed by atoms with Crippen LogP contribution < -0.4 is 5.32 Å². The van der Waals surface area contributed by atoms with Gasteiger partial charge in [-0.2, -0.15) is 0 Å². The molecule has 0 heterocycles. The van der Waals surface area contributed by atoms with E-state index in [0.717, 1.165) is 38.5 Å². The normalized spacial score (nSPS) is 12.6. The molecule has 2 atom stereocenters. The van der Waals surface area contributed by atoms with Gasteiger partial charge in [0.1, 0.15) is 0 Å². The SMILES string of the molecule is CCCCCCCCCCCCCCCCCCCCCC(O)C(CO)NC(=O)CCCCCCCCC/C=C\CCCCCCCCCCCCCCOC(=O)CCCCCCCCCCCCC. The van der Waals surface area contributed by atoms with Gasteiger partial charge < -0.3 is 20.3 Å². The third kappa shape index (κ3) is 55.9. The molecule has 0 rings (SSSR count). The number of hydrogen-bond donors (Lipinski definition) is 3. The number of ether oxygens (including phenoxy) is 1. The highest BCUT2D eigenvalue weighted by Crippen LogP contribution is 2.18. The van der Waals surface area contributed by atoms with Gasteiger partial charge in [0, 0.05) is 12.8 Å². The standard InChI is InChI=1S/C64H125NO5/c1-3-5-7-9-11-13-15-16-17-18-24-27-30-33-37-40-44-48-52-56-62(67)61(60-66)65-63(68)57-53-49-45-41-38-34-31-28-25-22-20-19-21-23-26-29-32-35-39-43-47-51-55-59-70-64(69)58-54-50-46-42-36-14-12-10-8-6-4-2/h22,25,61-62,66-67H,3-21,23-24,26-60H2,1-2H3,(H,65,68)/b25-22-. The Morgan fingerprint density at radius 1 is 0.386 bits per heavy atom. The maximum Gasteiger partial charge on any atom is 0.305 e. The van der Waals surface area contributed by atoms with Crippen LogP contribution >= 0.6 is 0 Å². The summed E-state index contributed by atoms with van der Waals surface area (Å²) in [7, 11) is 0.